The molecule has 1 unspecified atom stereocenters. The molecule has 1 atom stereocenters. The molecule has 0 aliphatic heterocycles. The van der Waals surface area contributed by atoms with Crippen LogP contribution in [0.2, 0.25) is 0 Å². The standard InChI is InChI=1S/C21H37N3O3S/c1-7-23(8-2)13-14-24(21(25)22-12-9-15-28-6)17(3)18-10-11-19(26-4)20(16-18)27-5/h10-11,16-17H,7-9,12-15H2,1-6H3,(H,22,25). The minimum Gasteiger partial charge on any atom is -0.493 e. The SMILES string of the molecule is CCN(CC)CCN(C(=O)NCCCSC)C(C)c1ccc(OC)c(OC)c1. The average molecular weight is 412 g/mol. The van der Waals surface area contributed by atoms with Gasteiger partial charge in [-0.15, -0.1) is 0 Å². The summed E-state index contributed by atoms with van der Waals surface area (Å²) in [5.74, 6) is 2.41. The Morgan fingerprint density at radius 1 is 1.14 bits per heavy atom. The molecule has 0 radical (unpaired) electrons. The van der Waals surface area contributed by atoms with Crippen LogP contribution in [0.1, 0.15) is 38.8 Å². The first-order valence-electron chi connectivity index (χ1n) is 9.99. The summed E-state index contributed by atoms with van der Waals surface area (Å²) in [6, 6.07) is 5.75. The van der Waals surface area contributed by atoms with E-state index in [4.69, 9.17) is 9.47 Å². The molecule has 0 fully saturated rings. The molecule has 1 aromatic carbocycles. The van der Waals surface area contributed by atoms with Gasteiger partial charge in [0.15, 0.2) is 11.5 Å². The molecule has 2 amide bonds. The number of rotatable bonds is 13. The predicted molar refractivity (Wildman–Crippen MR) is 119 cm³/mol. The minimum atomic E-state index is -0.0732. The fourth-order valence-corrected chi connectivity index (χ4v) is 3.50. The van der Waals surface area contributed by atoms with Crippen molar-refractivity contribution in [3.8, 4) is 11.5 Å². The van der Waals surface area contributed by atoms with E-state index in [9.17, 15) is 4.79 Å². The van der Waals surface area contributed by atoms with E-state index in [1.165, 1.54) is 0 Å². The highest BCUT2D eigenvalue weighted by atomic mass is 32.2. The zero-order chi connectivity index (χ0) is 20.9. The molecule has 0 aliphatic rings. The van der Waals surface area contributed by atoms with Crippen LogP contribution in [-0.2, 0) is 0 Å². The number of carbonyl (C=O) groups excluding carboxylic acids is 1. The number of amides is 2. The van der Waals surface area contributed by atoms with Crippen LogP contribution in [0.25, 0.3) is 0 Å². The zero-order valence-electron chi connectivity index (χ0n) is 18.3. The van der Waals surface area contributed by atoms with E-state index in [0.717, 1.165) is 37.4 Å². The van der Waals surface area contributed by atoms with Gasteiger partial charge in [0.05, 0.1) is 20.3 Å². The van der Waals surface area contributed by atoms with Crippen LogP contribution in [0.3, 0.4) is 0 Å². The first-order valence-corrected chi connectivity index (χ1v) is 11.4. The summed E-state index contributed by atoms with van der Waals surface area (Å²) in [6.07, 6.45) is 3.05. The van der Waals surface area contributed by atoms with Gasteiger partial charge in [0.1, 0.15) is 0 Å². The fraction of sp³-hybridized carbons (Fsp3) is 0.667. The monoisotopic (exact) mass is 411 g/mol. The Balaban J connectivity index is 2.96. The Morgan fingerprint density at radius 2 is 1.82 bits per heavy atom. The Morgan fingerprint density at radius 3 is 2.39 bits per heavy atom. The maximum absolute atomic E-state index is 12.9. The Kier molecular flexibility index (Phi) is 11.8. The van der Waals surface area contributed by atoms with E-state index in [1.807, 2.05) is 23.1 Å². The number of ether oxygens (including phenoxy) is 2. The van der Waals surface area contributed by atoms with Crippen molar-refractivity contribution in [2.45, 2.75) is 33.2 Å². The lowest BCUT2D eigenvalue weighted by atomic mass is 10.1. The highest BCUT2D eigenvalue weighted by Gasteiger charge is 2.23. The summed E-state index contributed by atoms with van der Waals surface area (Å²) >= 11 is 1.80. The molecule has 0 aliphatic carbocycles. The van der Waals surface area contributed by atoms with E-state index in [-0.39, 0.29) is 12.1 Å². The quantitative estimate of drug-likeness (QED) is 0.499. The Bertz CT molecular complexity index is 582. The van der Waals surface area contributed by atoms with Gasteiger partial charge in [-0.3, -0.25) is 0 Å². The highest BCUT2D eigenvalue weighted by molar-refractivity contribution is 7.98. The second kappa shape index (κ2) is 13.6. The fourth-order valence-electron chi connectivity index (χ4n) is 3.07. The van der Waals surface area contributed by atoms with Crippen LogP contribution >= 0.6 is 11.8 Å². The second-order valence-corrected chi connectivity index (χ2v) is 7.57. The summed E-state index contributed by atoms with van der Waals surface area (Å²) < 4.78 is 10.8. The Hall–Kier alpha value is -1.60. The van der Waals surface area contributed by atoms with Crippen LogP contribution in [0.5, 0.6) is 11.5 Å². The number of hydrogen-bond acceptors (Lipinski definition) is 5. The molecular formula is C21H37N3O3S. The van der Waals surface area contributed by atoms with Crippen LogP contribution in [0, 0.1) is 0 Å². The number of methoxy groups -OCH3 is 2. The molecule has 0 bridgehead atoms. The lowest BCUT2D eigenvalue weighted by molar-refractivity contribution is 0.165. The van der Waals surface area contributed by atoms with Crippen molar-refractivity contribution in [3.05, 3.63) is 23.8 Å². The van der Waals surface area contributed by atoms with Crippen LogP contribution in [-0.4, -0.2) is 74.8 Å². The van der Waals surface area contributed by atoms with Crippen LogP contribution in [0.4, 0.5) is 4.79 Å². The van der Waals surface area contributed by atoms with Crippen LogP contribution < -0.4 is 14.8 Å². The van der Waals surface area contributed by atoms with Crippen molar-refractivity contribution >= 4 is 17.8 Å². The van der Waals surface area contributed by atoms with Crippen molar-refractivity contribution in [2.24, 2.45) is 0 Å². The number of hydrogen-bond donors (Lipinski definition) is 1. The minimum absolute atomic E-state index is 0.0180. The molecule has 1 aromatic rings. The van der Waals surface area contributed by atoms with Crippen LogP contribution in [0.15, 0.2) is 18.2 Å². The van der Waals surface area contributed by atoms with Crippen molar-refractivity contribution in [2.75, 3.05) is 59.0 Å². The molecule has 0 saturated heterocycles. The molecule has 6 nitrogen and oxygen atoms in total. The normalized spacial score (nSPS) is 12.0. The molecule has 1 rings (SSSR count). The topological polar surface area (TPSA) is 54.0 Å². The van der Waals surface area contributed by atoms with Crippen molar-refractivity contribution in [1.82, 2.24) is 15.1 Å². The van der Waals surface area contributed by atoms with Crippen molar-refractivity contribution < 1.29 is 14.3 Å². The van der Waals surface area contributed by atoms with Gasteiger partial charge >= 0.3 is 6.03 Å². The highest BCUT2D eigenvalue weighted by Crippen LogP contribution is 2.31. The lowest BCUT2D eigenvalue weighted by Crippen LogP contribution is -2.45. The average Bonchev–Trinajstić information content (AvgIpc) is 2.73. The van der Waals surface area contributed by atoms with E-state index in [0.29, 0.717) is 24.6 Å². The predicted octanol–water partition coefficient (Wildman–Crippen LogP) is 3.87. The largest absolute Gasteiger partial charge is 0.493 e. The summed E-state index contributed by atoms with van der Waals surface area (Å²) in [4.78, 5) is 17.2. The lowest BCUT2D eigenvalue weighted by Gasteiger charge is -2.32. The summed E-state index contributed by atoms with van der Waals surface area (Å²) in [7, 11) is 3.25. The molecule has 7 heteroatoms. The summed E-state index contributed by atoms with van der Waals surface area (Å²) in [5.41, 5.74) is 1.02. The zero-order valence-corrected chi connectivity index (χ0v) is 19.1. The number of urea groups is 1. The molecular weight excluding hydrogens is 374 g/mol. The maximum atomic E-state index is 12.9. The van der Waals surface area contributed by atoms with Gasteiger partial charge in [0.2, 0.25) is 0 Å². The number of carbonyl (C=O) groups is 1. The smallest absolute Gasteiger partial charge is 0.317 e. The summed E-state index contributed by atoms with van der Waals surface area (Å²) in [6.45, 7) is 10.5. The number of thioether (sulfide) groups is 1. The molecule has 0 saturated carbocycles. The van der Waals surface area contributed by atoms with Gasteiger partial charge in [-0.25, -0.2) is 4.79 Å². The maximum Gasteiger partial charge on any atom is 0.317 e. The van der Waals surface area contributed by atoms with Crippen molar-refractivity contribution in [3.63, 3.8) is 0 Å². The summed E-state index contributed by atoms with van der Waals surface area (Å²) in [5, 5.41) is 3.08. The van der Waals surface area contributed by atoms with Crippen molar-refractivity contribution in [1.29, 1.82) is 0 Å². The van der Waals surface area contributed by atoms with E-state index in [2.05, 4.69) is 37.2 Å². The third-order valence-corrected chi connectivity index (χ3v) is 5.67. The molecule has 0 spiro atoms. The molecule has 28 heavy (non-hydrogen) atoms. The first kappa shape index (κ1) is 24.4. The molecule has 160 valence electrons. The second-order valence-electron chi connectivity index (χ2n) is 6.59. The number of benzene rings is 1. The number of nitrogens with zero attached hydrogens (tertiary/aromatic N) is 2. The third-order valence-electron chi connectivity index (χ3n) is 4.97. The van der Waals surface area contributed by atoms with Gasteiger partial charge in [-0.05, 0) is 56.1 Å². The number of nitrogens with one attached hydrogen (secondary N) is 1. The van der Waals surface area contributed by atoms with E-state index >= 15 is 0 Å². The molecule has 1 N–H and O–H groups in total. The van der Waals surface area contributed by atoms with E-state index < -0.39 is 0 Å². The Labute approximate surface area is 174 Å². The van der Waals surface area contributed by atoms with Gasteiger partial charge < -0.3 is 24.6 Å². The number of likely N-dealkylation sites (N-methyl/N-ethyl adjacent to an activating group) is 1. The van der Waals surface area contributed by atoms with Gasteiger partial charge in [-0.1, -0.05) is 19.9 Å². The first-order chi connectivity index (χ1) is 13.5. The van der Waals surface area contributed by atoms with Gasteiger partial charge in [-0.2, -0.15) is 11.8 Å². The van der Waals surface area contributed by atoms with Gasteiger partial charge in [0.25, 0.3) is 0 Å². The van der Waals surface area contributed by atoms with Gasteiger partial charge in [0, 0.05) is 19.6 Å². The molecule has 0 aromatic heterocycles. The molecule has 0 heterocycles. The third kappa shape index (κ3) is 7.43. The van der Waals surface area contributed by atoms with E-state index in [1.54, 1.807) is 26.0 Å².